The first kappa shape index (κ1) is 14.0. The summed E-state index contributed by atoms with van der Waals surface area (Å²) in [6, 6.07) is 0.495. The fraction of sp³-hybridized carbons (Fsp3) is 0.692. The number of rotatable bonds is 5. The minimum Gasteiger partial charge on any atom is -0.367 e. The smallest absolute Gasteiger partial charge is 0.240 e. The van der Waals surface area contributed by atoms with Gasteiger partial charge in [0.1, 0.15) is 6.10 Å². The molecule has 1 aliphatic rings. The standard InChI is InChI=1S/C13H20N4O2/c1-4-5-14-8-12-15-13(16-19-12)11-9-17(10(2)3)6-7-18-11/h1,10-11,14H,5-9H2,2-3H3. The Labute approximate surface area is 113 Å². The van der Waals surface area contributed by atoms with Crippen LogP contribution in [0.15, 0.2) is 4.52 Å². The Morgan fingerprint density at radius 2 is 2.42 bits per heavy atom. The lowest BCUT2D eigenvalue weighted by Crippen LogP contribution is -2.42. The van der Waals surface area contributed by atoms with Crippen LogP contribution in [0.1, 0.15) is 31.7 Å². The van der Waals surface area contributed by atoms with Crippen LogP contribution in [0.5, 0.6) is 0 Å². The zero-order valence-electron chi connectivity index (χ0n) is 11.4. The molecule has 2 rings (SSSR count). The topological polar surface area (TPSA) is 63.4 Å². The highest BCUT2D eigenvalue weighted by atomic mass is 16.5. The third-order valence-corrected chi connectivity index (χ3v) is 3.10. The van der Waals surface area contributed by atoms with Crippen LogP contribution in [0, 0.1) is 12.3 Å². The summed E-state index contributed by atoms with van der Waals surface area (Å²) in [5.74, 6) is 3.65. The van der Waals surface area contributed by atoms with Crippen LogP contribution >= 0.6 is 0 Å². The molecule has 1 aromatic rings. The molecular formula is C13H20N4O2. The van der Waals surface area contributed by atoms with Gasteiger partial charge in [-0.2, -0.15) is 4.98 Å². The van der Waals surface area contributed by atoms with Gasteiger partial charge in [-0.25, -0.2) is 0 Å². The number of hydrogen-bond donors (Lipinski definition) is 1. The van der Waals surface area contributed by atoms with E-state index in [4.69, 9.17) is 15.7 Å². The lowest BCUT2D eigenvalue weighted by atomic mass is 10.2. The van der Waals surface area contributed by atoms with Crippen molar-refractivity contribution in [3.63, 3.8) is 0 Å². The van der Waals surface area contributed by atoms with Crippen molar-refractivity contribution in [1.29, 1.82) is 0 Å². The summed E-state index contributed by atoms with van der Waals surface area (Å²) in [4.78, 5) is 6.69. The average molecular weight is 264 g/mol. The highest BCUT2D eigenvalue weighted by molar-refractivity contribution is 4.95. The van der Waals surface area contributed by atoms with Gasteiger partial charge in [-0.3, -0.25) is 10.2 Å². The molecule has 1 N–H and O–H groups in total. The van der Waals surface area contributed by atoms with Gasteiger partial charge in [0, 0.05) is 19.1 Å². The zero-order chi connectivity index (χ0) is 13.7. The predicted octanol–water partition coefficient (Wildman–Crippen LogP) is 0.574. The lowest BCUT2D eigenvalue weighted by Gasteiger charge is -2.34. The van der Waals surface area contributed by atoms with Crippen molar-refractivity contribution < 1.29 is 9.26 Å². The third-order valence-electron chi connectivity index (χ3n) is 3.10. The molecule has 0 radical (unpaired) electrons. The molecule has 1 aromatic heterocycles. The quantitative estimate of drug-likeness (QED) is 0.620. The Hall–Kier alpha value is -1.42. The molecule has 2 heterocycles. The van der Waals surface area contributed by atoms with Gasteiger partial charge < -0.3 is 9.26 Å². The Morgan fingerprint density at radius 3 is 3.16 bits per heavy atom. The summed E-state index contributed by atoms with van der Waals surface area (Å²) in [6.07, 6.45) is 5.04. The van der Waals surface area contributed by atoms with E-state index in [0.29, 0.717) is 37.5 Å². The van der Waals surface area contributed by atoms with Crippen LogP contribution in [0.4, 0.5) is 0 Å². The zero-order valence-corrected chi connectivity index (χ0v) is 11.4. The molecule has 1 saturated heterocycles. The molecule has 19 heavy (non-hydrogen) atoms. The molecule has 1 fully saturated rings. The van der Waals surface area contributed by atoms with E-state index in [-0.39, 0.29) is 6.10 Å². The number of nitrogens with one attached hydrogen (secondary N) is 1. The van der Waals surface area contributed by atoms with Gasteiger partial charge in [-0.1, -0.05) is 11.1 Å². The molecule has 1 unspecified atom stereocenters. The van der Waals surface area contributed by atoms with Crippen LogP contribution < -0.4 is 5.32 Å². The minimum absolute atomic E-state index is 0.110. The summed E-state index contributed by atoms with van der Waals surface area (Å²) in [5, 5.41) is 6.99. The summed E-state index contributed by atoms with van der Waals surface area (Å²) < 4.78 is 10.9. The lowest BCUT2D eigenvalue weighted by molar-refractivity contribution is -0.0450. The number of ether oxygens (including phenoxy) is 1. The number of nitrogens with zero attached hydrogens (tertiary/aromatic N) is 3. The largest absolute Gasteiger partial charge is 0.367 e. The van der Waals surface area contributed by atoms with Crippen molar-refractivity contribution in [3.05, 3.63) is 11.7 Å². The van der Waals surface area contributed by atoms with Crippen molar-refractivity contribution in [2.24, 2.45) is 0 Å². The van der Waals surface area contributed by atoms with Crippen LogP contribution in [0.2, 0.25) is 0 Å². The second-order valence-electron chi connectivity index (χ2n) is 4.80. The van der Waals surface area contributed by atoms with Crippen molar-refractivity contribution in [3.8, 4) is 12.3 Å². The van der Waals surface area contributed by atoms with Crippen LogP contribution in [0.25, 0.3) is 0 Å². The fourth-order valence-corrected chi connectivity index (χ4v) is 2.01. The van der Waals surface area contributed by atoms with Gasteiger partial charge in [0.2, 0.25) is 11.7 Å². The number of aromatic nitrogens is 2. The van der Waals surface area contributed by atoms with Gasteiger partial charge in [-0.05, 0) is 13.8 Å². The third kappa shape index (κ3) is 3.77. The van der Waals surface area contributed by atoms with Crippen LogP contribution in [-0.4, -0.2) is 47.3 Å². The SMILES string of the molecule is C#CCNCc1nc(C2CN(C(C)C)CCO2)no1. The molecule has 6 nitrogen and oxygen atoms in total. The van der Waals surface area contributed by atoms with Gasteiger partial charge in [0.05, 0.1) is 19.7 Å². The summed E-state index contributed by atoms with van der Waals surface area (Å²) in [7, 11) is 0. The molecule has 0 bridgehead atoms. The van der Waals surface area contributed by atoms with Crippen LogP contribution in [-0.2, 0) is 11.3 Å². The molecule has 0 saturated carbocycles. The monoisotopic (exact) mass is 264 g/mol. The summed E-state index contributed by atoms with van der Waals surface area (Å²) in [6.45, 7) is 7.76. The average Bonchev–Trinajstić information content (AvgIpc) is 2.88. The molecule has 6 heteroatoms. The van der Waals surface area contributed by atoms with E-state index in [9.17, 15) is 0 Å². The minimum atomic E-state index is -0.110. The van der Waals surface area contributed by atoms with Crippen molar-refractivity contribution in [2.75, 3.05) is 26.2 Å². The predicted molar refractivity (Wildman–Crippen MR) is 70.2 cm³/mol. The molecule has 0 amide bonds. The van der Waals surface area contributed by atoms with Gasteiger partial charge >= 0.3 is 0 Å². The van der Waals surface area contributed by atoms with E-state index in [2.05, 4.69) is 40.1 Å². The van der Waals surface area contributed by atoms with Crippen molar-refractivity contribution in [2.45, 2.75) is 32.5 Å². The number of terminal acetylenes is 1. The van der Waals surface area contributed by atoms with E-state index < -0.39 is 0 Å². The summed E-state index contributed by atoms with van der Waals surface area (Å²) in [5.41, 5.74) is 0. The molecular weight excluding hydrogens is 244 g/mol. The number of hydrogen-bond acceptors (Lipinski definition) is 6. The Morgan fingerprint density at radius 1 is 1.58 bits per heavy atom. The second kappa shape index (κ2) is 6.66. The maximum Gasteiger partial charge on any atom is 0.240 e. The van der Waals surface area contributed by atoms with E-state index in [1.807, 2.05) is 0 Å². The Bertz CT molecular complexity index is 438. The van der Waals surface area contributed by atoms with E-state index >= 15 is 0 Å². The second-order valence-corrected chi connectivity index (χ2v) is 4.80. The molecule has 0 spiro atoms. The van der Waals surface area contributed by atoms with Crippen molar-refractivity contribution >= 4 is 0 Å². The van der Waals surface area contributed by atoms with E-state index in [1.165, 1.54) is 0 Å². The highest BCUT2D eigenvalue weighted by Crippen LogP contribution is 2.20. The van der Waals surface area contributed by atoms with Crippen LogP contribution in [0.3, 0.4) is 0 Å². The first-order valence-electron chi connectivity index (χ1n) is 6.53. The van der Waals surface area contributed by atoms with Crippen molar-refractivity contribution in [1.82, 2.24) is 20.4 Å². The normalized spacial score (nSPS) is 20.6. The first-order valence-corrected chi connectivity index (χ1v) is 6.53. The highest BCUT2D eigenvalue weighted by Gasteiger charge is 2.27. The molecule has 1 atom stereocenters. The molecule has 104 valence electrons. The molecule has 0 aliphatic carbocycles. The maximum atomic E-state index is 5.70. The molecule has 1 aliphatic heterocycles. The Kier molecular flexibility index (Phi) is 4.91. The van der Waals surface area contributed by atoms with Gasteiger partial charge in [-0.15, -0.1) is 6.42 Å². The van der Waals surface area contributed by atoms with E-state index in [0.717, 1.165) is 13.1 Å². The number of morpholine rings is 1. The molecule has 0 aromatic carbocycles. The summed E-state index contributed by atoms with van der Waals surface area (Å²) >= 11 is 0. The van der Waals surface area contributed by atoms with Gasteiger partial charge in [0.25, 0.3) is 0 Å². The maximum absolute atomic E-state index is 5.70. The fourth-order valence-electron chi connectivity index (χ4n) is 2.01. The Balaban J connectivity index is 1.92. The van der Waals surface area contributed by atoms with E-state index in [1.54, 1.807) is 0 Å². The first-order chi connectivity index (χ1) is 9.20. The van der Waals surface area contributed by atoms with Gasteiger partial charge in [0.15, 0.2) is 0 Å².